The molecule has 1 aromatic carbocycles. The van der Waals surface area contributed by atoms with Crippen LogP contribution in [0.3, 0.4) is 0 Å². The summed E-state index contributed by atoms with van der Waals surface area (Å²) in [7, 11) is 1.83. The fourth-order valence-corrected chi connectivity index (χ4v) is 3.17. The Morgan fingerprint density at radius 2 is 2.05 bits per heavy atom. The number of aromatic nitrogens is 2. The minimum absolute atomic E-state index is 0.0307. The maximum Gasteiger partial charge on any atom is 0.253 e. The summed E-state index contributed by atoms with van der Waals surface area (Å²) in [6.45, 7) is 2.01. The minimum atomic E-state index is -0.550. The number of carbonyl (C=O) groups is 1. The number of hydrogen-bond acceptors (Lipinski definition) is 5. The van der Waals surface area contributed by atoms with E-state index >= 15 is 0 Å². The van der Waals surface area contributed by atoms with Crippen molar-refractivity contribution in [2.24, 2.45) is 0 Å². The molecule has 2 aromatic rings. The molecule has 22 heavy (non-hydrogen) atoms. The van der Waals surface area contributed by atoms with Crippen LogP contribution in [0.25, 0.3) is 11.0 Å². The second-order valence-electron chi connectivity index (χ2n) is 6.19. The van der Waals surface area contributed by atoms with Gasteiger partial charge in [0.1, 0.15) is 11.0 Å². The molecule has 1 aromatic heterocycles. The summed E-state index contributed by atoms with van der Waals surface area (Å²) in [5.41, 5.74) is 1.27. The number of fused-ring (bicyclic) bond motifs is 1. The first kappa shape index (κ1) is 15.0. The number of rotatable bonds is 3. The van der Waals surface area contributed by atoms with E-state index in [1.54, 1.807) is 23.1 Å². The molecule has 1 fully saturated rings. The van der Waals surface area contributed by atoms with Gasteiger partial charge in [0.2, 0.25) is 0 Å². The molecule has 0 aliphatic heterocycles. The molecule has 6 nitrogen and oxygen atoms in total. The number of amides is 1. The van der Waals surface area contributed by atoms with Gasteiger partial charge in [0.15, 0.2) is 0 Å². The van der Waals surface area contributed by atoms with Crippen molar-refractivity contribution in [3.05, 3.63) is 23.8 Å². The van der Waals surface area contributed by atoms with E-state index in [4.69, 9.17) is 0 Å². The summed E-state index contributed by atoms with van der Waals surface area (Å²) in [6.07, 6.45) is 3.93. The number of benzene rings is 1. The van der Waals surface area contributed by atoms with Gasteiger partial charge in [0.05, 0.1) is 5.60 Å². The van der Waals surface area contributed by atoms with Crippen LogP contribution in [0.15, 0.2) is 22.8 Å². The van der Waals surface area contributed by atoms with Gasteiger partial charge < -0.3 is 10.0 Å². The third-order valence-corrected chi connectivity index (χ3v) is 4.91. The van der Waals surface area contributed by atoms with Gasteiger partial charge in [0.25, 0.3) is 5.91 Å². The zero-order valence-electron chi connectivity index (χ0n) is 13.0. The van der Waals surface area contributed by atoms with Gasteiger partial charge in [0, 0.05) is 18.7 Å². The minimum Gasteiger partial charge on any atom is -0.390 e. The molecule has 1 aliphatic rings. The predicted molar refractivity (Wildman–Crippen MR) is 81.4 cm³/mol. The smallest absolute Gasteiger partial charge is 0.253 e. The lowest BCUT2D eigenvalue weighted by Gasteiger charge is -2.39. The Balaban J connectivity index is 1.71. The highest BCUT2D eigenvalue weighted by Crippen LogP contribution is 2.33. The van der Waals surface area contributed by atoms with Gasteiger partial charge in [-0.1, -0.05) is 6.92 Å². The molecule has 0 atom stereocenters. The summed E-state index contributed by atoms with van der Waals surface area (Å²) in [4.78, 5) is 14.4. The molecular weight excluding hydrogens is 282 g/mol. The Morgan fingerprint density at radius 1 is 1.36 bits per heavy atom. The molecule has 1 aliphatic carbocycles. The maximum absolute atomic E-state index is 12.6. The van der Waals surface area contributed by atoms with Crippen LogP contribution >= 0.6 is 0 Å². The average molecular weight is 303 g/mol. The standard InChI is InChI=1S/C16H21N3O3/c1-3-16(21)8-6-12(7-9-16)19(2)15(20)11-4-5-13-14(10-11)18-22-17-13/h4-5,10,12,21H,3,6-9H2,1-2H3. The zero-order chi connectivity index (χ0) is 15.7. The Morgan fingerprint density at radius 3 is 2.73 bits per heavy atom. The zero-order valence-corrected chi connectivity index (χ0v) is 13.0. The highest BCUT2D eigenvalue weighted by atomic mass is 16.6. The summed E-state index contributed by atoms with van der Waals surface area (Å²) >= 11 is 0. The molecule has 1 N–H and O–H groups in total. The van der Waals surface area contributed by atoms with Crippen LogP contribution in [-0.4, -0.2) is 44.9 Å². The van der Waals surface area contributed by atoms with Gasteiger partial charge in [-0.25, -0.2) is 4.63 Å². The van der Waals surface area contributed by atoms with Gasteiger partial charge in [-0.2, -0.15) is 0 Å². The maximum atomic E-state index is 12.6. The fourth-order valence-electron chi connectivity index (χ4n) is 3.17. The first-order chi connectivity index (χ1) is 10.5. The molecule has 0 saturated heterocycles. The molecule has 0 radical (unpaired) electrons. The highest BCUT2D eigenvalue weighted by Gasteiger charge is 2.34. The van der Waals surface area contributed by atoms with Crippen molar-refractivity contribution in [2.45, 2.75) is 50.7 Å². The van der Waals surface area contributed by atoms with Gasteiger partial charge in [-0.05, 0) is 60.6 Å². The van der Waals surface area contributed by atoms with Crippen molar-refractivity contribution in [1.29, 1.82) is 0 Å². The van der Waals surface area contributed by atoms with Crippen molar-refractivity contribution >= 4 is 16.9 Å². The lowest BCUT2D eigenvalue weighted by Crippen LogP contribution is -2.44. The molecule has 6 heteroatoms. The van der Waals surface area contributed by atoms with Crippen molar-refractivity contribution in [3.8, 4) is 0 Å². The number of nitrogens with zero attached hydrogens (tertiary/aromatic N) is 3. The van der Waals surface area contributed by atoms with E-state index in [0.29, 0.717) is 16.6 Å². The topological polar surface area (TPSA) is 79.5 Å². The number of hydrogen-bond donors (Lipinski definition) is 1. The van der Waals surface area contributed by atoms with Crippen molar-refractivity contribution in [2.75, 3.05) is 7.05 Å². The van der Waals surface area contributed by atoms with E-state index in [9.17, 15) is 9.90 Å². The Hall–Kier alpha value is -1.95. The Bertz CT molecular complexity index is 674. The van der Waals surface area contributed by atoms with Crippen LogP contribution in [0.4, 0.5) is 0 Å². The third-order valence-electron chi connectivity index (χ3n) is 4.91. The summed E-state index contributed by atoms with van der Waals surface area (Å²) in [5.74, 6) is -0.0307. The van der Waals surface area contributed by atoms with E-state index in [0.717, 1.165) is 32.1 Å². The first-order valence-electron chi connectivity index (χ1n) is 7.74. The average Bonchev–Trinajstić information content (AvgIpc) is 3.02. The largest absolute Gasteiger partial charge is 0.390 e. The summed E-state index contributed by atoms with van der Waals surface area (Å²) in [6, 6.07) is 5.36. The molecule has 0 unspecified atom stereocenters. The first-order valence-corrected chi connectivity index (χ1v) is 7.74. The predicted octanol–water partition coefficient (Wildman–Crippen LogP) is 2.38. The third kappa shape index (κ3) is 2.70. The Labute approximate surface area is 129 Å². The van der Waals surface area contributed by atoms with Crippen LogP contribution in [0.2, 0.25) is 0 Å². The number of aliphatic hydroxyl groups is 1. The van der Waals surface area contributed by atoms with Crippen LogP contribution in [0.1, 0.15) is 49.4 Å². The summed E-state index contributed by atoms with van der Waals surface area (Å²) in [5, 5.41) is 17.8. The van der Waals surface area contributed by atoms with E-state index in [-0.39, 0.29) is 11.9 Å². The molecule has 3 rings (SSSR count). The highest BCUT2D eigenvalue weighted by molar-refractivity contribution is 5.97. The summed E-state index contributed by atoms with van der Waals surface area (Å²) < 4.78 is 4.66. The van der Waals surface area contributed by atoms with Crippen LogP contribution in [0.5, 0.6) is 0 Å². The normalized spacial score (nSPS) is 25.3. The molecule has 1 amide bonds. The molecule has 1 saturated carbocycles. The van der Waals surface area contributed by atoms with Crippen molar-refractivity contribution in [1.82, 2.24) is 15.2 Å². The van der Waals surface area contributed by atoms with Crippen LogP contribution < -0.4 is 0 Å². The quantitative estimate of drug-likeness (QED) is 0.941. The lowest BCUT2D eigenvalue weighted by molar-refractivity contribution is -0.0181. The lowest BCUT2D eigenvalue weighted by atomic mass is 9.80. The Kier molecular flexibility index (Phi) is 3.87. The van der Waals surface area contributed by atoms with Crippen molar-refractivity contribution < 1.29 is 14.5 Å². The second-order valence-corrected chi connectivity index (χ2v) is 6.19. The van der Waals surface area contributed by atoms with E-state index in [1.165, 1.54) is 0 Å². The molecule has 0 spiro atoms. The van der Waals surface area contributed by atoms with Gasteiger partial charge in [-0.15, -0.1) is 0 Å². The van der Waals surface area contributed by atoms with Crippen LogP contribution in [-0.2, 0) is 0 Å². The SMILES string of the molecule is CCC1(O)CCC(N(C)C(=O)c2ccc3nonc3c2)CC1. The van der Waals surface area contributed by atoms with E-state index < -0.39 is 5.60 Å². The second kappa shape index (κ2) is 5.68. The number of carbonyl (C=O) groups excluding carboxylic acids is 1. The van der Waals surface area contributed by atoms with E-state index in [1.807, 2.05) is 14.0 Å². The molecule has 118 valence electrons. The van der Waals surface area contributed by atoms with Crippen molar-refractivity contribution in [3.63, 3.8) is 0 Å². The molecule has 0 bridgehead atoms. The van der Waals surface area contributed by atoms with E-state index in [2.05, 4.69) is 14.9 Å². The van der Waals surface area contributed by atoms with Gasteiger partial charge >= 0.3 is 0 Å². The fraction of sp³-hybridized carbons (Fsp3) is 0.562. The monoisotopic (exact) mass is 303 g/mol. The van der Waals surface area contributed by atoms with Gasteiger partial charge in [-0.3, -0.25) is 4.79 Å². The van der Waals surface area contributed by atoms with Crippen LogP contribution in [0, 0.1) is 0 Å². The molecule has 1 heterocycles. The molecular formula is C16H21N3O3.